The van der Waals surface area contributed by atoms with Crippen molar-refractivity contribution in [2.75, 3.05) is 6.54 Å². The van der Waals surface area contributed by atoms with Crippen molar-refractivity contribution in [3.05, 3.63) is 11.4 Å². The van der Waals surface area contributed by atoms with Crippen molar-refractivity contribution in [2.45, 2.75) is 57.5 Å². The third-order valence-electron chi connectivity index (χ3n) is 2.73. The van der Waals surface area contributed by atoms with E-state index in [1.165, 1.54) is 0 Å². The Kier molecular flexibility index (Phi) is 14.0. The molecular formula is C14H27NO2S2. The summed E-state index contributed by atoms with van der Waals surface area (Å²) in [4.78, 5) is 13.4. The van der Waals surface area contributed by atoms with E-state index in [0.29, 0.717) is 30.1 Å². The largest absolute Gasteiger partial charge is 0.481 e. The summed E-state index contributed by atoms with van der Waals surface area (Å²) in [7, 11) is 0. The zero-order chi connectivity index (χ0) is 15.4. The number of hydrogen-bond donors (Lipinski definition) is 3. The van der Waals surface area contributed by atoms with Crippen molar-refractivity contribution in [1.82, 2.24) is 0 Å². The molecule has 0 aromatic carbocycles. The molecule has 0 aromatic heterocycles. The Bertz CT molecular complexity index is 275. The molecule has 2 unspecified atom stereocenters. The Morgan fingerprint density at radius 1 is 1.11 bits per heavy atom. The third kappa shape index (κ3) is 15.6. The van der Waals surface area contributed by atoms with E-state index < -0.39 is 5.97 Å². The van der Waals surface area contributed by atoms with Gasteiger partial charge in [-0.15, -0.1) is 0 Å². The molecule has 0 rings (SSSR count). The van der Waals surface area contributed by atoms with Crippen LogP contribution in [-0.4, -0.2) is 28.1 Å². The highest BCUT2D eigenvalue weighted by Crippen LogP contribution is 2.14. The number of carboxylic acids is 1. The predicted octanol–water partition coefficient (Wildman–Crippen LogP) is 4.06. The van der Waals surface area contributed by atoms with E-state index in [2.05, 4.69) is 44.0 Å². The first kappa shape index (κ1) is 21.0. The Hall–Kier alpha value is -0.340. The third-order valence-corrected chi connectivity index (χ3v) is 4.44. The molecule has 0 bridgehead atoms. The lowest BCUT2D eigenvalue weighted by Gasteiger charge is -2.12. The van der Waals surface area contributed by atoms with Crippen LogP contribution in [0.4, 0.5) is 0 Å². The fraction of sp³-hybridized carbons (Fsp3) is 0.857. The van der Waals surface area contributed by atoms with Gasteiger partial charge in [0.05, 0.1) is 0 Å². The van der Waals surface area contributed by atoms with Crippen molar-refractivity contribution in [3.8, 4) is 0 Å². The van der Waals surface area contributed by atoms with E-state index in [1.54, 1.807) is 0 Å². The van der Waals surface area contributed by atoms with Crippen LogP contribution in [0.25, 0.3) is 4.85 Å². The molecule has 0 aliphatic carbocycles. The minimum absolute atomic E-state index is 0.219. The van der Waals surface area contributed by atoms with Crippen LogP contribution in [0, 0.1) is 18.4 Å². The van der Waals surface area contributed by atoms with E-state index in [4.69, 9.17) is 11.7 Å². The summed E-state index contributed by atoms with van der Waals surface area (Å²) < 4.78 is 0. The highest BCUT2D eigenvalue weighted by molar-refractivity contribution is 7.81. The molecule has 0 amide bonds. The predicted molar refractivity (Wildman–Crippen MR) is 88.2 cm³/mol. The summed E-state index contributed by atoms with van der Waals surface area (Å²) in [5.74, 6) is 0.317. The normalized spacial score (nSPS) is 13.4. The Morgan fingerprint density at radius 2 is 1.53 bits per heavy atom. The molecule has 0 saturated heterocycles. The molecule has 0 radical (unpaired) electrons. The molecule has 0 spiro atoms. The molecule has 19 heavy (non-hydrogen) atoms. The number of aliphatic carboxylic acids is 1. The highest BCUT2D eigenvalue weighted by Gasteiger charge is 2.09. The number of hydrogen-bond acceptors (Lipinski definition) is 3. The number of carbonyl (C=O) groups is 1. The van der Waals surface area contributed by atoms with Gasteiger partial charge < -0.3 is 9.95 Å². The molecule has 0 saturated carbocycles. The molecule has 112 valence electrons. The van der Waals surface area contributed by atoms with Crippen molar-refractivity contribution in [3.63, 3.8) is 0 Å². The fourth-order valence-corrected chi connectivity index (χ4v) is 1.38. The zero-order valence-corrected chi connectivity index (χ0v) is 14.1. The van der Waals surface area contributed by atoms with Gasteiger partial charge in [-0.3, -0.25) is 4.79 Å². The van der Waals surface area contributed by atoms with Crippen LogP contribution in [0.2, 0.25) is 0 Å². The van der Waals surface area contributed by atoms with Crippen molar-refractivity contribution < 1.29 is 9.90 Å². The average Bonchev–Trinajstić information content (AvgIpc) is 2.33. The maximum atomic E-state index is 10.1. The first-order valence-electron chi connectivity index (χ1n) is 6.63. The molecule has 5 heteroatoms. The van der Waals surface area contributed by atoms with Crippen LogP contribution in [0.5, 0.6) is 0 Å². The number of thiol groups is 2. The first-order valence-corrected chi connectivity index (χ1v) is 7.66. The summed E-state index contributed by atoms with van der Waals surface area (Å²) in [5.41, 5.74) is 0. The maximum Gasteiger partial charge on any atom is 0.303 e. The second kappa shape index (κ2) is 12.7. The number of nitrogens with zero attached hydrogens (tertiary/aromatic N) is 1. The Labute approximate surface area is 128 Å². The summed E-state index contributed by atoms with van der Waals surface area (Å²) in [6.07, 6.45) is 1.81. The summed E-state index contributed by atoms with van der Waals surface area (Å²) >= 11 is 8.55. The molecule has 3 nitrogen and oxygen atoms in total. The van der Waals surface area contributed by atoms with E-state index in [1.807, 2.05) is 13.8 Å². The smallest absolute Gasteiger partial charge is 0.303 e. The van der Waals surface area contributed by atoms with Gasteiger partial charge in [-0.25, -0.2) is 6.57 Å². The molecule has 0 fully saturated rings. The number of carboxylic acid groups (broad SMARTS) is 1. The Morgan fingerprint density at radius 3 is 1.84 bits per heavy atom. The lowest BCUT2D eigenvalue weighted by atomic mass is 10.1. The van der Waals surface area contributed by atoms with Gasteiger partial charge in [-0.1, -0.05) is 27.7 Å². The van der Waals surface area contributed by atoms with Crippen LogP contribution in [-0.2, 0) is 4.79 Å². The van der Waals surface area contributed by atoms with Crippen molar-refractivity contribution in [2.24, 2.45) is 11.8 Å². The van der Waals surface area contributed by atoms with Gasteiger partial charge in [0.15, 0.2) is 0 Å². The van der Waals surface area contributed by atoms with Gasteiger partial charge in [0.2, 0.25) is 6.54 Å². The lowest BCUT2D eigenvalue weighted by Crippen LogP contribution is -2.09. The van der Waals surface area contributed by atoms with Crippen LogP contribution < -0.4 is 0 Å². The highest BCUT2D eigenvalue weighted by atomic mass is 32.1. The van der Waals surface area contributed by atoms with Crippen molar-refractivity contribution >= 4 is 31.2 Å². The van der Waals surface area contributed by atoms with E-state index in [9.17, 15) is 4.79 Å². The van der Waals surface area contributed by atoms with E-state index in [-0.39, 0.29) is 11.7 Å². The molecule has 0 heterocycles. The van der Waals surface area contributed by atoms with Crippen molar-refractivity contribution in [1.29, 1.82) is 0 Å². The van der Waals surface area contributed by atoms with Crippen LogP contribution in [0.15, 0.2) is 0 Å². The standard InChI is InChI=1S/C7H13NS.C7H14O2S/c1-6(2)7(9)4-5-8-3;1-5(2)6(10)3-4-7(8)9/h6-7,9H,4-5H2,1-2H3;5-6,10H,3-4H2,1-2H3,(H,8,9). The van der Waals surface area contributed by atoms with Gasteiger partial charge in [0, 0.05) is 23.3 Å². The quantitative estimate of drug-likeness (QED) is 0.490. The second-order valence-electron chi connectivity index (χ2n) is 5.23. The minimum Gasteiger partial charge on any atom is -0.481 e. The fourth-order valence-electron chi connectivity index (χ4n) is 1.13. The van der Waals surface area contributed by atoms with Gasteiger partial charge >= 0.3 is 5.97 Å². The zero-order valence-electron chi connectivity index (χ0n) is 12.3. The molecule has 0 aromatic rings. The monoisotopic (exact) mass is 305 g/mol. The van der Waals surface area contributed by atoms with Crippen LogP contribution in [0.1, 0.15) is 47.0 Å². The summed E-state index contributed by atoms with van der Waals surface area (Å²) in [6.45, 7) is 15.5. The first-order chi connectivity index (χ1) is 8.72. The lowest BCUT2D eigenvalue weighted by molar-refractivity contribution is -0.137. The van der Waals surface area contributed by atoms with Gasteiger partial charge in [-0.2, -0.15) is 25.3 Å². The Balaban J connectivity index is 0. The van der Waals surface area contributed by atoms with Gasteiger partial charge in [0.25, 0.3) is 0 Å². The SMILES string of the molecule is CC(C)C(S)CCC(=O)O.[C-]#[N+]CCC(S)C(C)C. The minimum atomic E-state index is -0.736. The van der Waals surface area contributed by atoms with E-state index in [0.717, 1.165) is 6.42 Å². The number of rotatable bonds is 7. The van der Waals surface area contributed by atoms with E-state index >= 15 is 0 Å². The second-order valence-corrected chi connectivity index (χ2v) is 6.55. The molecule has 1 N–H and O–H groups in total. The topological polar surface area (TPSA) is 41.7 Å². The van der Waals surface area contributed by atoms with Gasteiger partial charge in [0.1, 0.15) is 0 Å². The molecule has 0 aliphatic heterocycles. The maximum absolute atomic E-state index is 10.1. The van der Waals surface area contributed by atoms with Gasteiger partial charge in [-0.05, 0) is 18.3 Å². The molecule has 2 atom stereocenters. The molecule has 0 aliphatic rings. The molecular weight excluding hydrogens is 278 g/mol. The van der Waals surface area contributed by atoms with Crippen LogP contribution >= 0.6 is 25.3 Å². The summed E-state index contributed by atoms with van der Waals surface area (Å²) in [5, 5.41) is 8.93. The van der Waals surface area contributed by atoms with Crippen LogP contribution in [0.3, 0.4) is 0 Å². The average molecular weight is 306 g/mol. The summed E-state index contributed by atoms with van der Waals surface area (Å²) in [6, 6.07) is 0.